The van der Waals surface area contributed by atoms with Crippen molar-refractivity contribution in [1.82, 2.24) is 4.98 Å². The Morgan fingerprint density at radius 2 is 2.40 bits per heavy atom. The molecule has 0 saturated carbocycles. The second-order valence-corrected chi connectivity index (χ2v) is 3.31. The summed E-state index contributed by atoms with van der Waals surface area (Å²) >= 11 is 0. The van der Waals surface area contributed by atoms with Gasteiger partial charge in [0.15, 0.2) is 0 Å². The van der Waals surface area contributed by atoms with E-state index in [9.17, 15) is 4.79 Å². The highest BCUT2D eigenvalue weighted by Gasteiger charge is 2.03. The normalized spacial score (nSPS) is 9.73. The molecule has 0 N–H and O–H groups in total. The molecule has 0 aliphatic carbocycles. The molecule has 0 unspecified atom stereocenters. The van der Waals surface area contributed by atoms with Gasteiger partial charge < -0.3 is 9.64 Å². The maximum atomic E-state index is 10.9. The summed E-state index contributed by atoms with van der Waals surface area (Å²) in [6, 6.07) is 3.89. The third-order valence-corrected chi connectivity index (χ3v) is 2.19. The highest BCUT2D eigenvalue weighted by molar-refractivity contribution is 5.69. The maximum absolute atomic E-state index is 10.9. The average molecular weight is 208 g/mol. The van der Waals surface area contributed by atoms with Crippen molar-refractivity contribution < 1.29 is 9.53 Å². The number of hydrogen-bond donors (Lipinski definition) is 0. The molecule has 82 valence electrons. The zero-order valence-electron chi connectivity index (χ0n) is 9.14. The van der Waals surface area contributed by atoms with Gasteiger partial charge in [-0.25, -0.2) is 0 Å². The SMILES string of the molecule is COC(=O)CCCN(C)c1cccnc1. The first-order valence-corrected chi connectivity index (χ1v) is 4.92. The van der Waals surface area contributed by atoms with Crippen LogP contribution in [0.5, 0.6) is 0 Å². The van der Waals surface area contributed by atoms with Crippen LogP contribution < -0.4 is 4.90 Å². The highest BCUT2D eigenvalue weighted by atomic mass is 16.5. The molecular formula is C11H16N2O2. The Balaban J connectivity index is 2.31. The van der Waals surface area contributed by atoms with Crippen LogP contribution in [0, 0.1) is 0 Å². The van der Waals surface area contributed by atoms with Crippen molar-refractivity contribution >= 4 is 11.7 Å². The van der Waals surface area contributed by atoms with Crippen molar-refractivity contribution in [1.29, 1.82) is 0 Å². The average Bonchev–Trinajstić information content (AvgIpc) is 2.29. The monoisotopic (exact) mass is 208 g/mol. The summed E-state index contributed by atoms with van der Waals surface area (Å²) in [7, 11) is 3.39. The van der Waals surface area contributed by atoms with E-state index in [0.29, 0.717) is 6.42 Å². The largest absolute Gasteiger partial charge is 0.469 e. The molecule has 1 heterocycles. The smallest absolute Gasteiger partial charge is 0.305 e. The number of aromatic nitrogens is 1. The van der Waals surface area contributed by atoms with Crippen LogP contribution in [-0.4, -0.2) is 31.7 Å². The van der Waals surface area contributed by atoms with Gasteiger partial charge in [0.1, 0.15) is 0 Å². The van der Waals surface area contributed by atoms with E-state index in [1.807, 2.05) is 19.2 Å². The Bertz CT molecular complexity index is 301. The van der Waals surface area contributed by atoms with Crippen LogP contribution in [0.25, 0.3) is 0 Å². The van der Waals surface area contributed by atoms with E-state index in [1.165, 1.54) is 7.11 Å². The second kappa shape index (κ2) is 6.01. The van der Waals surface area contributed by atoms with Crippen molar-refractivity contribution in [2.24, 2.45) is 0 Å². The van der Waals surface area contributed by atoms with E-state index >= 15 is 0 Å². The third kappa shape index (κ3) is 3.97. The molecule has 1 aromatic rings. The summed E-state index contributed by atoms with van der Waals surface area (Å²) in [6.07, 6.45) is 4.79. The lowest BCUT2D eigenvalue weighted by Gasteiger charge is -2.17. The number of rotatable bonds is 5. The maximum Gasteiger partial charge on any atom is 0.305 e. The van der Waals surface area contributed by atoms with Crippen LogP contribution in [0.4, 0.5) is 5.69 Å². The number of esters is 1. The molecule has 0 radical (unpaired) electrons. The van der Waals surface area contributed by atoms with Gasteiger partial charge in [-0.3, -0.25) is 9.78 Å². The fourth-order valence-corrected chi connectivity index (χ4v) is 1.27. The fourth-order valence-electron chi connectivity index (χ4n) is 1.27. The molecule has 4 heteroatoms. The summed E-state index contributed by atoms with van der Waals surface area (Å²) in [5.74, 6) is -0.158. The molecule has 0 saturated heterocycles. The number of ether oxygens (including phenoxy) is 1. The summed E-state index contributed by atoms with van der Waals surface area (Å²) in [5.41, 5.74) is 1.06. The Morgan fingerprint density at radius 1 is 1.60 bits per heavy atom. The number of nitrogens with zero attached hydrogens (tertiary/aromatic N) is 2. The predicted octanol–water partition coefficient (Wildman–Crippen LogP) is 1.47. The van der Waals surface area contributed by atoms with E-state index in [1.54, 1.807) is 12.4 Å². The topological polar surface area (TPSA) is 42.4 Å². The van der Waals surface area contributed by atoms with Crippen molar-refractivity contribution in [2.45, 2.75) is 12.8 Å². The molecule has 0 atom stereocenters. The van der Waals surface area contributed by atoms with Gasteiger partial charge in [0.25, 0.3) is 0 Å². The van der Waals surface area contributed by atoms with Gasteiger partial charge in [-0.05, 0) is 18.6 Å². The molecule has 4 nitrogen and oxygen atoms in total. The molecule has 0 spiro atoms. The fraction of sp³-hybridized carbons (Fsp3) is 0.455. The Kier molecular flexibility index (Phi) is 4.60. The quantitative estimate of drug-likeness (QED) is 0.687. The molecule has 1 aromatic heterocycles. The lowest BCUT2D eigenvalue weighted by Crippen LogP contribution is -2.19. The number of pyridine rings is 1. The molecule has 0 fully saturated rings. The number of carbonyl (C=O) groups excluding carboxylic acids is 1. The summed E-state index contributed by atoms with van der Waals surface area (Å²) in [5, 5.41) is 0. The van der Waals surface area contributed by atoms with E-state index in [4.69, 9.17) is 0 Å². The van der Waals surface area contributed by atoms with Gasteiger partial charge in [-0.1, -0.05) is 0 Å². The molecule has 0 aromatic carbocycles. The van der Waals surface area contributed by atoms with Crippen molar-refractivity contribution in [2.75, 3.05) is 25.6 Å². The van der Waals surface area contributed by atoms with Gasteiger partial charge in [-0.2, -0.15) is 0 Å². The van der Waals surface area contributed by atoms with Crippen molar-refractivity contribution in [3.05, 3.63) is 24.5 Å². The Labute approximate surface area is 89.9 Å². The van der Waals surface area contributed by atoms with Crippen LogP contribution in [0.3, 0.4) is 0 Å². The van der Waals surface area contributed by atoms with Gasteiger partial charge in [0.2, 0.25) is 0 Å². The predicted molar refractivity (Wildman–Crippen MR) is 58.8 cm³/mol. The summed E-state index contributed by atoms with van der Waals surface area (Å²) in [4.78, 5) is 17.0. The van der Waals surface area contributed by atoms with Crippen LogP contribution in [0.15, 0.2) is 24.5 Å². The minimum Gasteiger partial charge on any atom is -0.469 e. The Hall–Kier alpha value is -1.58. The van der Waals surface area contributed by atoms with E-state index < -0.39 is 0 Å². The van der Waals surface area contributed by atoms with Crippen molar-refractivity contribution in [3.63, 3.8) is 0 Å². The first-order chi connectivity index (χ1) is 7.24. The third-order valence-electron chi connectivity index (χ3n) is 2.19. The summed E-state index contributed by atoms with van der Waals surface area (Å²) in [6.45, 7) is 0.820. The molecule has 0 aliphatic rings. The molecule has 0 bridgehead atoms. The van der Waals surface area contributed by atoms with E-state index in [0.717, 1.165) is 18.7 Å². The van der Waals surface area contributed by atoms with Crippen LogP contribution in [0.2, 0.25) is 0 Å². The van der Waals surface area contributed by atoms with Gasteiger partial charge in [-0.15, -0.1) is 0 Å². The molecule has 15 heavy (non-hydrogen) atoms. The van der Waals surface area contributed by atoms with Crippen molar-refractivity contribution in [3.8, 4) is 0 Å². The van der Waals surface area contributed by atoms with E-state index in [-0.39, 0.29) is 5.97 Å². The molecule has 0 aliphatic heterocycles. The first kappa shape index (κ1) is 11.5. The highest BCUT2D eigenvalue weighted by Crippen LogP contribution is 2.09. The lowest BCUT2D eigenvalue weighted by molar-refractivity contribution is -0.140. The zero-order valence-corrected chi connectivity index (χ0v) is 9.14. The van der Waals surface area contributed by atoms with Gasteiger partial charge >= 0.3 is 5.97 Å². The molecule has 1 rings (SSSR count). The number of carbonyl (C=O) groups is 1. The molecular weight excluding hydrogens is 192 g/mol. The zero-order chi connectivity index (χ0) is 11.1. The van der Waals surface area contributed by atoms with Crippen LogP contribution >= 0.6 is 0 Å². The minimum atomic E-state index is -0.158. The van der Waals surface area contributed by atoms with Gasteiger partial charge in [0, 0.05) is 26.2 Å². The molecule has 0 amide bonds. The summed E-state index contributed by atoms with van der Waals surface area (Å²) < 4.78 is 4.57. The standard InChI is InChI=1S/C11H16N2O2/c1-13(8-4-6-11(14)15-2)10-5-3-7-12-9-10/h3,5,7,9H,4,6,8H2,1-2H3. The van der Waals surface area contributed by atoms with Gasteiger partial charge in [0.05, 0.1) is 19.0 Å². The number of anilines is 1. The minimum absolute atomic E-state index is 0.158. The second-order valence-electron chi connectivity index (χ2n) is 3.31. The number of methoxy groups -OCH3 is 1. The number of hydrogen-bond acceptors (Lipinski definition) is 4. The van der Waals surface area contributed by atoms with E-state index in [2.05, 4.69) is 14.6 Å². The lowest BCUT2D eigenvalue weighted by atomic mass is 10.3. The first-order valence-electron chi connectivity index (χ1n) is 4.92. The Morgan fingerprint density at radius 3 is 3.00 bits per heavy atom. The van der Waals surface area contributed by atoms with Crippen LogP contribution in [-0.2, 0) is 9.53 Å². The van der Waals surface area contributed by atoms with Crippen LogP contribution in [0.1, 0.15) is 12.8 Å².